The fourth-order valence-corrected chi connectivity index (χ4v) is 3.49. The molecule has 0 aliphatic heterocycles. The molecule has 0 saturated heterocycles. The van der Waals surface area contributed by atoms with Gasteiger partial charge in [-0.3, -0.25) is 0 Å². The molecule has 2 rings (SSSR count). The van der Waals surface area contributed by atoms with Crippen LogP contribution in [0.5, 0.6) is 0 Å². The standard InChI is InChI=1S/C16H23NOS/c1-10-9-12(11(2)18-10)15(17-6)13-7-8-14(19-13)16(3,4)5/h7-9,15,17H,1-6H3. The quantitative estimate of drug-likeness (QED) is 0.889. The zero-order valence-corrected chi connectivity index (χ0v) is 13.4. The van der Waals surface area contributed by atoms with Gasteiger partial charge in [-0.2, -0.15) is 0 Å². The summed E-state index contributed by atoms with van der Waals surface area (Å²) in [5.41, 5.74) is 1.45. The molecule has 0 aliphatic carbocycles. The molecule has 2 heterocycles. The van der Waals surface area contributed by atoms with Gasteiger partial charge in [-0.25, -0.2) is 0 Å². The van der Waals surface area contributed by atoms with Crippen LogP contribution in [0, 0.1) is 13.8 Å². The van der Waals surface area contributed by atoms with E-state index in [9.17, 15) is 0 Å². The van der Waals surface area contributed by atoms with E-state index in [0.717, 1.165) is 11.5 Å². The number of nitrogens with one attached hydrogen (secondary N) is 1. The number of rotatable bonds is 3. The van der Waals surface area contributed by atoms with Crippen molar-refractivity contribution in [1.29, 1.82) is 0 Å². The van der Waals surface area contributed by atoms with Gasteiger partial charge in [0.15, 0.2) is 0 Å². The highest BCUT2D eigenvalue weighted by Gasteiger charge is 2.22. The molecule has 2 aromatic rings. The summed E-state index contributed by atoms with van der Waals surface area (Å²) >= 11 is 1.88. The van der Waals surface area contributed by atoms with Gasteiger partial charge in [0.1, 0.15) is 11.5 Å². The van der Waals surface area contributed by atoms with Crippen LogP contribution in [0.2, 0.25) is 0 Å². The molecule has 104 valence electrons. The van der Waals surface area contributed by atoms with Gasteiger partial charge in [-0.1, -0.05) is 20.8 Å². The monoisotopic (exact) mass is 277 g/mol. The first-order valence-electron chi connectivity index (χ1n) is 6.67. The van der Waals surface area contributed by atoms with Crippen molar-refractivity contribution in [3.8, 4) is 0 Å². The Hall–Kier alpha value is -1.06. The molecule has 2 aromatic heterocycles. The Morgan fingerprint density at radius 2 is 1.89 bits per heavy atom. The molecule has 2 nitrogen and oxygen atoms in total. The van der Waals surface area contributed by atoms with E-state index in [4.69, 9.17) is 4.42 Å². The molecule has 0 aliphatic rings. The maximum atomic E-state index is 5.66. The number of aryl methyl sites for hydroxylation is 2. The number of thiophene rings is 1. The highest BCUT2D eigenvalue weighted by Crippen LogP contribution is 2.36. The minimum Gasteiger partial charge on any atom is -0.466 e. The average molecular weight is 277 g/mol. The maximum absolute atomic E-state index is 5.66. The number of hydrogen-bond acceptors (Lipinski definition) is 3. The van der Waals surface area contributed by atoms with E-state index >= 15 is 0 Å². The van der Waals surface area contributed by atoms with Crippen LogP contribution >= 0.6 is 11.3 Å². The fraction of sp³-hybridized carbons (Fsp3) is 0.500. The second kappa shape index (κ2) is 5.14. The molecule has 0 fully saturated rings. The SMILES string of the molecule is CNC(c1ccc(C(C)(C)C)s1)c1cc(C)oc1C. The van der Waals surface area contributed by atoms with Crippen LogP contribution in [0.3, 0.4) is 0 Å². The molecule has 0 amide bonds. The lowest BCUT2D eigenvalue weighted by molar-refractivity contribution is 0.497. The Labute approximate surface area is 119 Å². The Morgan fingerprint density at radius 1 is 1.21 bits per heavy atom. The molecule has 0 bridgehead atoms. The first-order chi connectivity index (χ1) is 8.82. The van der Waals surface area contributed by atoms with Gasteiger partial charge in [0.2, 0.25) is 0 Å². The highest BCUT2D eigenvalue weighted by molar-refractivity contribution is 7.12. The minimum absolute atomic E-state index is 0.211. The molecule has 0 radical (unpaired) electrons. The third-order valence-electron chi connectivity index (χ3n) is 3.33. The summed E-state index contributed by atoms with van der Waals surface area (Å²) in [5, 5.41) is 3.40. The van der Waals surface area contributed by atoms with Gasteiger partial charge in [-0.15, -0.1) is 11.3 Å². The fourth-order valence-electron chi connectivity index (χ4n) is 2.30. The van der Waals surface area contributed by atoms with Crippen LogP contribution in [0.1, 0.15) is 53.7 Å². The number of furan rings is 1. The third-order valence-corrected chi connectivity index (χ3v) is 4.91. The summed E-state index contributed by atoms with van der Waals surface area (Å²) in [4.78, 5) is 2.76. The lowest BCUT2D eigenvalue weighted by Crippen LogP contribution is -2.16. The molecule has 19 heavy (non-hydrogen) atoms. The Balaban J connectivity index is 2.38. The van der Waals surface area contributed by atoms with Crippen LogP contribution in [0.25, 0.3) is 0 Å². The normalized spacial score (nSPS) is 13.8. The van der Waals surface area contributed by atoms with E-state index < -0.39 is 0 Å². The van der Waals surface area contributed by atoms with Crippen molar-refractivity contribution in [2.45, 2.75) is 46.1 Å². The largest absolute Gasteiger partial charge is 0.466 e. The van der Waals surface area contributed by atoms with Crippen molar-refractivity contribution in [3.05, 3.63) is 45.0 Å². The van der Waals surface area contributed by atoms with Crippen molar-refractivity contribution in [1.82, 2.24) is 5.32 Å². The Morgan fingerprint density at radius 3 is 2.32 bits per heavy atom. The molecule has 0 aromatic carbocycles. The van der Waals surface area contributed by atoms with Crippen molar-refractivity contribution >= 4 is 11.3 Å². The van der Waals surface area contributed by atoms with Gasteiger partial charge in [0.25, 0.3) is 0 Å². The molecule has 1 unspecified atom stereocenters. The van der Waals surface area contributed by atoms with E-state index in [1.165, 1.54) is 15.3 Å². The van der Waals surface area contributed by atoms with Gasteiger partial charge < -0.3 is 9.73 Å². The zero-order valence-electron chi connectivity index (χ0n) is 12.6. The van der Waals surface area contributed by atoms with Crippen LogP contribution < -0.4 is 5.32 Å². The van der Waals surface area contributed by atoms with E-state index in [1.54, 1.807) is 0 Å². The molecular formula is C16H23NOS. The summed E-state index contributed by atoms with van der Waals surface area (Å²) in [6, 6.07) is 6.83. The van der Waals surface area contributed by atoms with E-state index in [1.807, 2.05) is 32.2 Å². The summed E-state index contributed by atoms with van der Waals surface area (Å²) in [6.07, 6.45) is 0. The maximum Gasteiger partial charge on any atom is 0.106 e. The predicted octanol–water partition coefficient (Wildman–Crippen LogP) is 4.56. The molecule has 1 atom stereocenters. The number of hydrogen-bond donors (Lipinski definition) is 1. The molecule has 1 N–H and O–H groups in total. The molecule has 0 spiro atoms. The van der Waals surface area contributed by atoms with E-state index in [2.05, 4.69) is 44.3 Å². The Kier molecular flexibility index (Phi) is 3.88. The molecular weight excluding hydrogens is 254 g/mol. The van der Waals surface area contributed by atoms with Crippen molar-refractivity contribution in [2.75, 3.05) is 7.05 Å². The minimum atomic E-state index is 0.211. The lowest BCUT2D eigenvalue weighted by Gasteiger charge is -2.17. The molecule has 3 heteroatoms. The summed E-state index contributed by atoms with van der Waals surface area (Å²) in [7, 11) is 2.00. The predicted molar refractivity (Wildman–Crippen MR) is 82.1 cm³/mol. The first-order valence-corrected chi connectivity index (χ1v) is 7.49. The van der Waals surface area contributed by atoms with Gasteiger partial charge in [-0.05, 0) is 44.5 Å². The third kappa shape index (κ3) is 2.93. The first kappa shape index (κ1) is 14.4. The van der Waals surface area contributed by atoms with Crippen LogP contribution in [-0.2, 0) is 5.41 Å². The average Bonchev–Trinajstić information content (AvgIpc) is 2.87. The van der Waals surface area contributed by atoms with Gasteiger partial charge >= 0.3 is 0 Å². The molecule has 0 saturated carbocycles. The van der Waals surface area contributed by atoms with Crippen LogP contribution in [0.15, 0.2) is 22.6 Å². The summed E-state index contributed by atoms with van der Waals surface area (Å²) < 4.78 is 5.66. The summed E-state index contributed by atoms with van der Waals surface area (Å²) in [5.74, 6) is 1.97. The highest BCUT2D eigenvalue weighted by atomic mass is 32.1. The van der Waals surface area contributed by atoms with Crippen LogP contribution in [-0.4, -0.2) is 7.05 Å². The van der Waals surface area contributed by atoms with Crippen molar-refractivity contribution in [2.24, 2.45) is 0 Å². The van der Waals surface area contributed by atoms with E-state index in [0.29, 0.717) is 0 Å². The second-order valence-electron chi connectivity index (χ2n) is 6.04. The van der Waals surface area contributed by atoms with E-state index in [-0.39, 0.29) is 11.5 Å². The zero-order chi connectivity index (χ0) is 14.2. The van der Waals surface area contributed by atoms with Crippen molar-refractivity contribution < 1.29 is 4.42 Å². The smallest absolute Gasteiger partial charge is 0.106 e. The summed E-state index contributed by atoms with van der Waals surface area (Å²) in [6.45, 7) is 10.8. The topological polar surface area (TPSA) is 25.2 Å². The van der Waals surface area contributed by atoms with Crippen LogP contribution in [0.4, 0.5) is 0 Å². The second-order valence-corrected chi connectivity index (χ2v) is 7.16. The van der Waals surface area contributed by atoms with Gasteiger partial charge in [0.05, 0.1) is 6.04 Å². The van der Waals surface area contributed by atoms with Gasteiger partial charge in [0, 0.05) is 15.3 Å². The Bertz CT molecular complexity index is 560. The lowest BCUT2D eigenvalue weighted by atomic mass is 9.95. The van der Waals surface area contributed by atoms with Crippen molar-refractivity contribution in [3.63, 3.8) is 0 Å².